The summed E-state index contributed by atoms with van der Waals surface area (Å²) in [6.45, 7) is 0. The quantitative estimate of drug-likeness (QED) is 0.456. The van der Waals surface area contributed by atoms with E-state index in [1.807, 2.05) is 30.5 Å². The molecule has 15 heavy (non-hydrogen) atoms. The first-order valence-corrected chi connectivity index (χ1v) is 5.12. The Morgan fingerprint density at radius 3 is 2.93 bits per heavy atom. The monoisotopic (exact) mass is 212 g/mol. The van der Waals surface area contributed by atoms with Crippen LogP contribution in [0.1, 0.15) is 0 Å². The largest absolute Gasteiger partial charge is 0.361 e. The summed E-state index contributed by atoms with van der Waals surface area (Å²) in [6.07, 6.45) is 3.67. The maximum absolute atomic E-state index is 5.28. The molecule has 3 heteroatoms. The second-order valence-electron chi connectivity index (χ2n) is 3.40. The van der Waals surface area contributed by atoms with Gasteiger partial charge in [-0.3, -0.25) is 4.98 Å². The molecule has 72 valence electrons. The number of fused-ring (bicyclic) bond motifs is 3. The smallest absolute Gasteiger partial charge is 0.0723 e. The van der Waals surface area contributed by atoms with Crippen molar-refractivity contribution >= 4 is 34.0 Å². The van der Waals surface area contributed by atoms with Crippen LogP contribution >= 0.6 is 12.2 Å². The third-order valence-electron chi connectivity index (χ3n) is 2.51. The Morgan fingerprint density at radius 2 is 2.00 bits per heavy atom. The summed E-state index contributed by atoms with van der Waals surface area (Å²) in [5.74, 6) is 0. The molecule has 3 rings (SSSR count). The number of hydrogen-bond donors (Lipinski definition) is 1. The summed E-state index contributed by atoms with van der Waals surface area (Å²) < 4.78 is 0.870. The molecule has 1 aromatic carbocycles. The van der Waals surface area contributed by atoms with Crippen LogP contribution in [0.4, 0.5) is 0 Å². The number of nitrogens with one attached hydrogen (secondary N) is 1. The predicted octanol–water partition coefficient (Wildman–Crippen LogP) is 3.45. The highest BCUT2D eigenvalue weighted by atomic mass is 32.1. The highest BCUT2D eigenvalue weighted by Crippen LogP contribution is 2.22. The molecule has 0 radical (unpaired) electrons. The van der Waals surface area contributed by atoms with Crippen LogP contribution in [-0.2, 0) is 0 Å². The lowest BCUT2D eigenvalue weighted by Gasteiger charge is -2.02. The molecule has 1 N–H and O–H groups in total. The van der Waals surface area contributed by atoms with Crippen molar-refractivity contribution in [2.24, 2.45) is 0 Å². The fourth-order valence-corrected chi connectivity index (χ4v) is 2.04. The number of nitrogens with zero attached hydrogens (tertiary/aromatic N) is 1. The van der Waals surface area contributed by atoms with E-state index in [4.69, 9.17) is 12.2 Å². The van der Waals surface area contributed by atoms with Gasteiger partial charge in [0.25, 0.3) is 0 Å². The lowest BCUT2D eigenvalue weighted by molar-refractivity contribution is 1.39. The molecule has 0 atom stereocenters. The molecule has 2 heterocycles. The minimum atomic E-state index is 0.870. The van der Waals surface area contributed by atoms with Crippen LogP contribution in [0.15, 0.2) is 42.7 Å². The van der Waals surface area contributed by atoms with E-state index in [-0.39, 0.29) is 0 Å². The zero-order valence-electron chi connectivity index (χ0n) is 7.90. The number of H-pyrrole nitrogens is 1. The van der Waals surface area contributed by atoms with E-state index in [9.17, 15) is 0 Å². The van der Waals surface area contributed by atoms with Crippen LogP contribution in [0.5, 0.6) is 0 Å². The van der Waals surface area contributed by atoms with Crippen LogP contribution in [-0.4, -0.2) is 9.97 Å². The molecular weight excluding hydrogens is 204 g/mol. The third kappa shape index (κ3) is 1.24. The molecule has 0 spiro atoms. The fraction of sp³-hybridized carbons (Fsp3) is 0. The van der Waals surface area contributed by atoms with Gasteiger partial charge in [0.2, 0.25) is 0 Å². The van der Waals surface area contributed by atoms with E-state index in [1.165, 1.54) is 0 Å². The number of pyridine rings is 2. The van der Waals surface area contributed by atoms with Crippen molar-refractivity contribution in [1.29, 1.82) is 0 Å². The number of benzene rings is 1. The molecule has 2 aromatic heterocycles. The molecule has 0 saturated carbocycles. The standard InChI is InChI=1S/C12H8N2S/c15-11-5-7-14-12-8-2-1-6-13-10(8)4-3-9(11)12/h1-7H,(H,14,15). The fourth-order valence-electron chi connectivity index (χ4n) is 1.80. The minimum Gasteiger partial charge on any atom is -0.361 e. The lowest BCUT2D eigenvalue weighted by Crippen LogP contribution is -1.83. The average Bonchev–Trinajstić information content (AvgIpc) is 2.29. The molecule has 0 saturated heterocycles. The third-order valence-corrected chi connectivity index (χ3v) is 2.87. The van der Waals surface area contributed by atoms with Gasteiger partial charge < -0.3 is 4.98 Å². The topological polar surface area (TPSA) is 28.7 Å². The summed E-state index contributed by atoms with van der Waals surface area (Å²) in [6, 6.07) is 9.91. The van der Waals surface area contributed by atoms with Gasteiger partial charge in [0.15, 0.2) is 0 Å². The van der Waals surface area contributed by atoms with Gasteiger partial charge >= 0.3 is 0 Å². The number of aromatic amines is 1. The highest BCUT2D eigenvalue weighted by molar-refractivity contribution is 7.71. The SMILES string of the molecule is S=c1cc[nH]c2c1ccc1ncccc12. The zero-order valence-corrected chi connectivity index (χ0v) is 8.71. The number of rotatable bonds is 0. The van der Waals surface area contributed by atoms with Crippen molar-refractivity contribution in [2.45, 2.75) is 0 Å². The summed E-state index contributed by atoms with van der Waals surface area (Å²) in [4.78, 5) is 7.53. The molecule has 2 nitrogen and oxygen atoms in total. The van der Waals surface area contributed by atoms with E-state index in [2.05, 4.69) is 16.0 Å². The molecule has 0 unspecified atom stereocenters. The average molecular weight is 212 g/mol. The summed E-state index contributed by atoms with van der Waals surface area (Å²) in [7, 11) is 0. The minimum absolute atomic E-state index is 0.870. The molecule has 0 aliphatic carbocycles. The Labute approximate surface area is 91.6 Å². The molecule has 0 bridgehead atoms. The van der Waals surface area contributed by atoms with Crippen LogP contribution < -0.4 is 0 Å². The van der Waals surface area contributed by atoms with Crippen molar-refractivity contribution in [3.8, 4) is 0 Å². The van der Waals surface area contributed by atoms with Gasteiger partial charge in [-0.25, -0.2) is 0 Å². The van der Waals surface area contributed by atoms with Crippen LogP contribution in [0.25, 0.3) is 21.8 Å². The highest BCUT2D eigenvalue weighted by Gasteiger charge is 2.00. The normalized spacial score (nSPS) is 10.9. The van der Waals surface area contributed by atoms with Gasteiger partial charge in [-0.1, -0.05) is 12.2 Å². The second kappa shape index (κ2) is 3.14. The van der Waals surface area contributed by atoms with E-state index < -0.39 is 0 Å². The summed E-state index contributed by atoms with van der Waals surface area (Å²) >= 11 is 5.28. The Kier molecular flexibility index (Phi) is 1.79. The first-order chi connectivity index (χ1) is 7.36. The second-order valence-corrected chi connectivity index (χ2v) is 3.84. The zero-order chi connectivity index (χ0) is 10.3. The molecule has 0 amide bonds. The van der Waals surface area contributed by atoms with Gasteiger partial charge in [-0.15, -0.1) is 0 Å². The molecule has 0 aliphatic heterocycles. The van der Waals surface area contributed by atoms with Gasteiger partial charge in [-0.2, -0.15) is 0 Å². The number of hydrogen-bond acceptors (Lipinski definition) is 2. The van der Waals surface area contributed by atoms with E-state index in [0.717, 1.165) is 26.3 Å². The van der Waals surface area contributed by atoms with Gasteiger partial charge in [0.05, 0.1) is 11.0 Å². The number of aromatic nitrogens is 2. The van der Waals surface area contributed by atoms with E-state index in [0.29, 0.717) is 0 Å². The van der Waals surface area contributed by atoms with Gasteiger partial charge in [-0.05, 0) is 30.3 Å². The first-order valence-electron chi connectivity index (χ1n) is 4.71. The van der Waals surface area contributed by atoms with Crippen LogP contribution in [0, 0.1) is 4.51 Å². The van der Waals surface area contributed by atoms with Crippen molar-refractivity contribution in [3.63, 3.8) is 0 Å². The van der Waals surface area contributed by atoms with Crippen molar-refractivity contribution < 1.29 is 0 Å². The summed E-state index contributed by atoms with van der Waals surface area (Å²) in [5, 5.41) is 2.19. The van der Waals surface area contributed by atoms with E-state index >= 15 is 0 Å². The first kappa shape index (κ1) is 8.56. The Balaban J connectivity index is 2.67. The molecule has 0 aliphatic rings. The summed E-state index contributed by atoms with van der Waals surface area (Å²) in [5.41, 5.74) is 2.05. The molecule has 3 aromatic rings. The Morgan fingerprint density at radius 1 is 1.07 bits per heavy atom. The predicted molar refractivity (Wildman–Crippen MR) is 64.4 cm³/mol. The maximum Gasteiger partial charge on any atom is 0.0723 e. The molecular formula is C12H8N2S. The Hall–Kier alpha value is -1.74. The van der Waals surface area contributed by atoms with Crippen LogP contribution in [0.2, 0.25) is 0 Å². The lowest BCUT2D eigenvalue weighted by atomic mass is 10.1. The Bertz CT molecular complexity index is 700. The van der Waals surface area contributed by atoms with E-state index in [1.54, 1.807) is 6.20 Å². The van der Waals surface area contributed by atoms with Gasteiger partial charge in [0, 0.05) is 27.7 Å². The maximum atomic E-state index is 5.28. The van der Waals surface area contributed by atoms with Crippen molar-refractivity contribution in [2.75, 3.05) is 0 Å². The van der Waals surface area contributed by atoms with Crippen molar-refractivity contribution in [3.05, 3.63) is 47.2 Å². The van der Waals surface area contributed by atoms with Crippen LogP contribution in [0.3, 0.4) is 0 Å². The van der Waals surface area contributed by atoms with Crippen molar-refractivity contribution in [1.82, 2.24) is 9.97 Å². The molecule has 0 fully saturated rings. The van der Waals surface area contributed by atoms with Gasteiger partial charge in [0.1, 0.15) is 0 Å².